The van der Waals surface area contributed by atoms with Gasteiger partial charge in [-0.05, 0) is 31.4 Å². The van der Waals surface area contributed by atoms with E-state index < -0.39 is 23.1 Å². The standard InChI is InChI=1S/C12H12BrF2NO/c1-16(8-3-2-4-8)12(17)11-9(14)5-7(13)6-10(11)15/h5-6,8H,2-4H2,1H3. The summed E-state index contributed by atoms with van der Waals surface area (Å²) < 4.78 is 27.5. The molecule has 17 heavy (non-hydrogen) atoms. The SMILES string of the molecule is CN(C(=O)c1c(F)cc(Br)cc1F)C1CCC1. The summed E-state index contributed by atoms with van der Waals surface area (Å²) in [6.45, 7) is 0. The number of hydrogen-bond acceptors (Lipinski definition) is 1. The Bertz CT molecular complexity index is 437. The van der Waals surface area contributed by atoms with Gasteiger partial charge in [0, 0.05) is 17.6 Å². The molecule has 0 bridgehead atoms. The van der Waals surface area contributed by atoms with Crippen molar-refractivity contribution in [1.82, 2.24) is 4.90 Å². The van der Waals surface area contributed by atoms with E-state index in [1.165, 1.54) is 4.90 Å². The fourth-order valence-corrected chi connectivity index (χ4v) is 2.26. The van der Waals surface area contributed by atoms with E-state index in [2.05, 4.69) is 15.9 Å². The Kier molecular flexibility index (Phi) is 3.47. The monoisotopic (exact) mass is 303 g/mol. The van der Waals surface area contributed by atoms with Crippen LogP contribution in [0.5, 0.6) is 0 Å². The van der Waals surface area contributed by atoms with Crippen LogP contribution in [0.15, 0.2) is 16.6 Å². The number of benzene rings is 1. The van der Waals surface area contributed by atoms with Crippen molar-refractivity contribution >= 4 is 21.8 Å². The van der Waals surface area contributed by atoms with Gasteiger partial charge < -0.3 is 4.90 Å². The van der Waals surface area contributed by atoms with Crippen molar-refractivity contribution in [3.05, 3.63) is 33.8 Å². The topological polar surface area (TPSA) is 20.3 Å². The van der Waals surface area contributed by atoms with Gasteiger partial charge in [-0.15, -0.1) is 0 Å². The Labute approximate surface area is 107 Å². The van der Waals surface area contributed by atoms with E-state index in [0.717, 1.165) is 31.4 Å². The molecule has 2 rings (SSSR count). The Morgan fingerprint density at radius 2 is 1.88 bits per heavy atom. The first-order valence-electron chi connectivity index (χ1n) is 5.42. The quantitative estimate of drug-likeness (QED) is 0.820. The van der Waals surface area contributed by atoms with Gasteiger partial charge in [-0.3, -0.25) is 4.79 Å². The van der Waals surface area contributed by atoms with Crippen molar-refractivity contribution in [2.75, 3.05) is 7.05 Å². The van der Waals surface area contributed by atoms with Crippen LogP contribution in [-0.4, -0.2) is 23.9 Å². The molecule has 0 unspecified atom stereocenters. The number of nitrogens with zero attached hydrogens (tertiary/aromatic N) is 1. The molecule has 1 saturated carbocycles. The largest absolute Gasteiger partial charge is 0.339 e. The van der Waals surface area contributed by atoms with Crippen LogP contribution in [0.2, 0.25) is 0 Å². The maximum Gasteiger partial charge on any atom is 0.259 e. The Hall–Kier alpha value is -0.970. The maximum absolute atomic E-state index is 13.6. The van der Waals surface area contributed by atoms with Crippen LogP contribution in [0, 0.1) is 11.6 Å². The van der Waals surface area contributed by atoms with Crippen LogP contribution in [0.25, 0.3) is 0 Å². The number of rotatable bonds is 2. The predicted octanol–water partition coefficient (Wildman–Crippen LogP) is 3.35. The summed E-state index contributed by atoms with van der Waals surface area (Å²) in [5.41, 5.74) is -0.470. The maximum atomic E-state index is 13.6. The first-order valence-corrected chi connectivity index (χ1v) is 6.21. The van der Waals surface area contributed by atoms with Crippen LogP contribution >= 0.6 is 15.9 Å². The van der Waals surface area contributed by atoms with E-state index in [1.54, 1.807) is 7.05 Å². The lowest BCUT2D eigenvalue weighted by Crippen LogP contribution is -2.41. The third-order valence-electron chi connectivity index (χ3n) is 3.16. The predicted molar refractivity (Wildman–Crippen MR) is 63.8 cm³/mol. The zero-order valence-corrected chi connectivity index (χ0v) is 10.9. The van der Waals surface area contributed by atoms with Gasteiger partial charge >= 0.3 is 0 Å². The molecule has 1 aliphatic carbocycles. The second-order valence-corrected chi connectivity index (χ2v) is 5.16. The summed E-state index contributed by atoms with van der Waals surface area (Å²) >= 11 is 2.98. The van der Waals surface area contributed by atoms with Crippen molar-refractivity contribution in [2.24, 2.45) is 0 Å². The third kappa shape index (κ3) is 2.34. The summed E-state index contributed by atoms with van der Waals surface area (Å²) in [6.07, 6.45) is 2.87. The average molecular weight is 304 g/mol. The molecule has 0 spiro atoms. The molecule has 92 valence electrons. The van der Waals surface area contributed by atoms with E-state index >= 15 is 0 Å². The van der Waals surface area contributed by atoms with Crippen LogP contribution in [-0.2, 0) is 0 Å². The first-order chi connectivity index (χ1) is 8.00. The van der Waals surface area contributed by atoms with E-state index in [0.29, 0.717) is 0 Å². The number of carbonyl (C=O) groups excluding carboxylic acids is 1. The Balaban J connectivity index is 2.30. The molecule has 0 saturated heterocycles. The van der Waals surface area contributed by atoms with E-state index in [9.17, 15) is 13.6 Å². The van der Waals surface area contributed by atoms with Gasteiger partial charge in [0.05, 0.1) is 0 Å². The van der Waals surface area contributed by atoms with Gasteiger partial charge in [0.1, 0.15) is 17.2 Å². The summed E-state index contributed by atoms with van der Waals surface area (Å²) in [5, 5.41) is 0. The highest BCUT2D eigenvalue weighted by Crippen LogP contribution is 2.27. The molecule has 0 N–H and O–H groups in total. The minimum Gasteiger partial charge on any atom is -0.339 e. The number of amides is 1. The molecule has 5 heteroatoms. The highest BCUT2D eigenvalue weighted by Gasteiger charge is 2.29. The molecule has 0 aliphatic heterocycles. The van der Waals surface area contributed by atoms with E-state index in [4.69, 9.17) is 0 Å². The Morgan fingerprint density at radius 1 is 1.35 bits per heavy atom. The van der Waals surface area contributed by atoms with Crippen molar-refractivity contribution in [1.29, 1.82) is 0 Å². The fourth-order valence-electron chi connectivity index (χ4n) is 1.86. The molecule has 0 atom stereocenters. The molecular weight excluding hydrogens is 292 g/mol. The molecule has 0 heterocycles. The van der Waals surface area contributed by atoms with Crippen molar-refractivity contribution < 1.29 is 13.6 Å². The average Bonchev–Trinajstić information content (AvgIpc) is 2.12. The number of hydrogen-bond donors (Lipinski definition) is 0. The molecule has 1 aromatic rings. The summed E-state index contributed by atoms with van der Waals surface area (Å²) in [5.74, 6) is -2.24. The summed E-state index contributed by atoms with van der Waals surface area (Å²) in [6, 6.07) is 2.32. The molecule has 0 aromatic heterocycles. The van der Waals surface area contributed by atoms with Crippen LogP contribution in [0.3, 0.4) is 0 Å². The van der Waals surface area contributed by atoms with Crippen LogP contribution in [0.1, 0.15) is 29.6 Å². The highest BCUT2D eigenvalue weighted by atomic mass is 79.9. The minimum absolute atomic E-state index is 0.116. The lowest BCUT2D eigenvalue weighted by Gasteiger charge is -2.34. The molecular formula is C12H12BrF2NO. The van der Waals surface area contributed by atoms with Crippen molar-refractivity contribution in [3.8, 4) is 0 Å². The van der Waals surface area contributed by atoms with Crippen LogP contribution < -0.4 is 0 Å². The van der Waals surface area contributed by atoms with Gasteiger partial charge in [0.25, 0.3) is 5.91 Å². The van der Waals surface area contributed by atoms with Gasteiger partial charge in [-0.1, -0.05) is 15.9 Å². The molecule has 1 aromatic carbocycles. The molecule has 1 fully saturated rings. The lowest BCUT2D eigenvalue weighted by atomic mass is 9.91. The molecule has 1 aliphatic rings. The second kappa shape index (κ2) is 4.72. The zero-order valence-electron chi connectivity index (χ0n) is 9.34. The van der Waals surface area contributed by atoms with Crippen molar-refractivity contribution in [3.63, 3.8) is 0 Å². The van der Waals surface area contributed by atoms with Gasteiger partial charge in [-0.2, -0.15) is 0 Å². The minimum atomic E-state index is -0.826. The van der Waals surface area contributed by atoms with Gasteiger partial charge in [0.2, 0.25) is 0 Å². The number of carbonyl (C=O) groups is 1. The smallest absolute Gasteiger partial charge is 0.259 e. The van der Waals surface area contributed by atoms with E-state index in [1.807, 2.05) is 0 Å². The fraction of sp³-hybridized carbons (Fsp3) is 0.417. The van der Waals surface area contributed by atoms with Crippen LogP contribution in [0.4, 0.5) is 8.78 Å². The third-order valence-corrected chi connectivity index (χ3v) is 3.62. The molecule has 2 nitrogen and oxygen atoms in total. The van der Waals surface area contributed by atoms with Gasteiger partial charge in [0.15, 0.2) is 0 Å². The Morgan fingerprint density at radius 3 is 2.29 bits per heavy atom. The number of halogens is 3. The van der Waals surface area contributed by atoms with Gasteiger partial charge in [-0.25, -0.2) is 8.78 Å². The summed E-state index contributed by atoms with van der Waals surface area (Å²) in [7, 11) is 1.59. The zero-order chi connectivity index (χ0) is 12.6. The van der Waals surface area contributed by atoms with Crippen molar-refractivity contribution in [2.45, 2.75) is 25.3 Å². The lowest BCUT2D eigenvalue weighted by molar-refractivity contribution is 0.0642. The normalized spacial score (nSPS) is 15.5. The van der Waals surface area contributed by atoms with E-state index in [-0.39, 0.29) is 10.5 Å². The first kappa shape index (κ1) is 12.5. The summed E-state index contributed by atoms with van der Waals surface area (Å²) in [4.78, 5) is 13.4. The molecule has 0 radical (unpaired) electrons. The highest BCUT2D eigenvalue weighted by molar-refractivity contribution is 9.10. The molecule has 1 amide bonds. The second-order valence-electron chi connectivity index (χ2n) is 4.25.